The van der Waals surface area contributed by atoms with Gasteiger partial charge < -0.3 is 9.80 Å². The Morgan fingerprint density at radius 2 is 1.76 bits per heavy atom. The first-order chi connectivity index (χ1) is 14.0. The molecule has 1 fully saturated rings. The van der Waals surface area contributed by atoms with Gasteiger partial charge in [-0.3, -0.25) is 14.9 Å². The maximum Gasteiger partial charge on any atom is 0.273 e. The van der Waals surface area contributed by atoms with E-state index in [0.717, 1.165) is 16.7 Å². The van der Waals surface area contributed by atoms with Crippen molar-refractivity contribution in [3.8, 4) is 0 Å². The van der Waals surface area contributed by atoms with Gasteiger partial charge in [-0.25, -0.2) is 4.98 Å². The molecular weight excluding hydrogens is 368 g/mol. The van der Waals surface area contributed by atoms with Gasteiger partial charge in [0.2, 0.25) is 0 Å². The zero-order valence-electron chi connectivity index (χ0n) is 16.5. The predicted octanol–water partition coefficient (Wildman–Crippen LogP) is 3.72. The standard InChI is InChI=1S/C22H22N4O3/c1-15-14-21(23-19-8-4-3-6-17(15)19)24-10-12-25(13-11-24)22(27)18-7-5-9-20(16(18)2)26(28)29/h3-9,14H,10-13H2,1-2H3. The lowest BCUT2D eigenvalue weighted by atomic mass is 10.1. The number of amides is 1. The lowest BCUT2D eigenvalue weighted by Crippen LogP contribution is -2.49. The fraction of sp³-hybridized carbons (Fsp3) is 0.273. The second kappa shape index (κ2) is 7.50. The van der Waals surface area contributed by atoms with E-state index in [1.807, 2.05) is 18.2 Å². The number of benzene rings is 2. The summed E-state index contributed by atoms with van der Waals surface area (Å²) in [4.78, 5) is 32.4. The van der Waals surface area contributed by atoms with Crippen LogP contribution in [0.25, 0.3) is 10.9 Å². The molecule has 7 nitrogen and oxygen atoms in total. The summed E-state index contributed by atoms with van der Waals surface area (Å²) in [7, 11) is 0. The minimum absolute atomic E-state index is 0.0228. The number of aromatic nitrogens is 1. The number of pyridine rings is 1. The van der Waals surface area contributed by atoms with E-state index in [1.165, 1.54) is 11.6 Å². The first-order valence-corrected chi connectivity index (χ1v) is 9.60. The molecule has 4 rings (SSSR count). The summed E-state index contributed by atoms with van der Waals surface area (Å²) in [5.74, 6) is 0.758. The van der Waals surface area contributed by atoms with Crippen molar-refractivity contribution >= 4 is 28.3 Å². The van der Waals surface area contributed by atoms with Gasteiger partial charge in [0.05, 0.1) is 10.4 Å². The molecule has 0 spiro atoms. The number of carbonyl (C=O) groups is 1. The maximum atomic E-state index is 12.9. The second-order valence-corrected chi connectivity index (χ2v) is 7.30. The molecule has 7 heteroatoms. The van der Waals surface area contributed by atoms with E-state index in [4.69, 9.17) is 4.98 Å². The van der Waals surface area contributed by atoms with Crippen LogP contribution in [0.1, 0.15) is 21.5 Å². The van der Waals surface area contributed by atoms with Crippen LogP contribution in [0.5, 0.6) is 0 Å². The first kappa shape index (κ1) is 18.9. The highest BCUT2D eigenvalue weighted by Crippen LogP contribution is 2.25. The summed E-state index contributed by atoms with van der Waals surface area (Å²) in [6.07, 6.45) is 0. The van der Waals surface area contributed by atoms with Crippen molar-refractivity contribution in [1.82, 2.24) is 9.88 Å². The predicted molar refractivity (Wildman–Crippen MR) is 112 cm³/mol. The zero-order chi connectivity index (χ0) is 20.5. The Hall–Kier alpha value is -3.48. The van der Waals surface area contributed by atoms with E-state index in [-0.39, 0.29) is 11.6 Å². The molecule has 0 atom stereocenters. The molecule has 0 bridgehead atoms. The number of rotatable bonds is 3. The highest BCUT2D eigenvalue weighted by atomic mass is 16.6. The Labute approximate surface area is 168 Å². The van der Waals surface area contributed by atoms with Crippen LogP contribution in [-0.2, 0) is 0 Å². The number of anilines is 1. The van der Waals surface area contributed by atoms with Gasteiger partial charge in [-0.1, -0.05) is 24.3 Å². The largest absolute Gasteiger partial charge is 0.353 e. The minimum atomic E-state index is -0.447. The Balaban J connectivity index is 1.51. The number of hydrogen-bond acceptors (Lipinski definition) is 5. The van der Waals surface area contributed by atoms with E-state index in [0.29, 0.717) is 37.3 Å². The molecule has 0 unspecified atom stereocenters. The van der Waals surface area contributed by atoms with E-state index < -0.39 is 4.92 Å². The summed E-state index contributed by atoms with van der Waals surface area (Å²) in [5, 5.41) is 12.3. The normalized spacial score (nSPS) is 14.3. The van der Waals surface area contributed by atoms with Gasteiger partial charge in [0.15, 0.2) is 0 Å². The minimum Gasteiger partial charge on any atom is -0.353 e. The van der Waals surface area contributed by atoms with Crippen molar-refractivity contribution in [2.45, 2.75) is 13.8 Å². The Morgan fingerprint density at radius 1 is 1.03 bits per heavy atom. The van der Waals surface area contributed by atoms with Gasteiger partial charge in [-0.2, -0.15) is 0 Å². The van der Waals surface area contributed by atoms with Crippen LogP contribution in [0.3, 0.4) is 0 Å². The van der Waals surface area contributed by atoms with Crippen LogP contribution in [0, 0.1) is 24.0 Å². The average Bonchev–Trinajstić information content (AvgIpc) is 2.73. The number of hydrogen-bond donors (Lipinski definition) is 0. The summed E-state index contributed by atoms with van der Waals surface area (Å²) in [6.45, 7) is 6.15. The highest BCUT2D eigenvalue weighted by Gasteiger charge is 2.26. The van der Waals surface area contributed by atoms with Crippen LogP contribution in [-0.4, -0.2) is 46.9 Å². The van der Waals surface area contributed by atoms with Crippen LogP contribution in [0.2, 0.25) is 0 Å². The van der Waals surface area contributed by atoms with Gasteiger partial charge in [0.25, 0.3) is 11.6 Å². The Bertz CT molecular complexity index is 1100. The Kier molecular flexibility index (Phi) is 4.88. The number of carbonyl (C=O) groups excluding carboxylic acids is 1. The molecule has 0 N–H and O–H groups in total. The number of nitro benzene ring substituents is 1. The van der Waals surface area contributed by atoms with Crippen molar-refractivity contribution in [2.75, 3.05) is 31.1 Å². The monoisotopic (exact) mass is 390 g/mol. The van der Waals surface area contributed by atoms with E-state index >= 15 is 0 Å². The molecule has 2 aromatic carbocycles. The number of nitrogens with zero attached hydrogens (tertiary/aromatic N) is 4. The van der Waals surface area contributed by atoms with Gasteiger partial charge in [-0.05, 0) is 37.6 Å². The third-order valence-electron chi connectivity index (χ3n) is 5.53. The Morgan fingerprint density at radius 3 is 2.48 bits per heavy atom. The third-order valence-corrected chi connectivity index (χ3v) is 5.53. The van der Waals surface area contributed by atoms with E-state index in [2.05, 4.69) is 24.0 Å². The fourth-order valence-corrected chi connectivity index (χ4v) is 3.86. The van der Waals surface area contributed by atoms with Crippen molar-refractivity contribution in [2.24, 2.45) is 0 Å². The molecular formula is C22H22N4O3. The molecule has 1 aromatic heterocycles. The summed E-state index contributed by atoms with van der Waals surface area (Å²) < 4.78 is 0. The third kappa shape index (κ3) is 3.51. The molecule has 1 saturated heterocycles. The van der Waals surface area contributed by atoms with Gasteiger partial charge in [0.1, 0.15) is 5.82 Å². The topological polar surface area (TPSA) is 79.6 Å². The van der Waals surface area contributed by atoms with Crippen LogP contribution >= 0.6 is 0 Å². The molecule has 0 aliphatic carbocycles. The lowest BCUT2D eigenvalue weighted by molar-refractivity contribution is -0.385. The number of para-hydroxylation sites is 1. The van der Waals surface area contributed by atoms with Crippen LogP contribution < -0.4 is 4.90 Å². The van der Waals surface area contributed by atoms with Crippen molar-refractivity contribution < 1.29 is 9.72 Å². The van der Waals surface area contributed by atoms with Gasteiger partial charge >= 0.3 is 0 Å². The molecule has 0 radical (unpaired) electrons. The number of aryl methyl sites for hydroxylation is 1. The fourth-order valence-electron chi connectivity index (χ4n) is 3.86. The summed E-state index contributed by atoms with van der Waals surface area (Å²) >= 11 is 0. The van der Waals surface area contributed by atoms with E-state index in [1.54, 1.807) is 24.0 Å². The quantitative estimate of drug-likeness (QED) is 0.503. The highest BCUT2D eigenvalue weighted by molar-refractivity contribution is 5.96. The maximum absolute atomic E-state index is 12.9. The van der Waals surface area contributed by atoms with Crippen molar-refractivity contribution in [1.29, 1.82) is 0 Å². The summed E-state index contributed by atoms with van der Waals surface area (Å²) in [5.41, 5.74) is 2.93. The van der Waals surface area contributed by atoms with E-state index in [9.17, 15) is 14.9 Å². The van der Waals surface area contributed by atoms with Crippen molar-refractivity contribution in [3.63, 3.8) is 0 Å². The molecule has 0 saturated carbocycles. The average molecular weight is 390 g/mol. The molecule has 148 valence electrons. The molecule has 1 aliphatic heterocycles. The van der Waals surface area contributed by atoms with Crippen molar-refractivity contribution in [3.05, 3.63) is 75.3 Å². The zero-order valence-corrected chi connectivity index (χ0v) is 16.5. The SMILES string of the molecule is Cc1c(C(=O)N2CCN(c3cc(C)c4ccccc4n3)CC2)cccc1[N+](=O)[O-]. The number of nitro groups is 1. The number of piperazine rings is 1. The summed E-state index contributed by atoms with van der Waals surface area (Å²) in [6, 6.07) is 14.8. The molecule has 29 heavy (non-hydrogen) atoms. The first-order valence-electron chi connectivity index (χ1n) is 9.60. The lowest BCUT2D eigenvalue weighted by Gasteiger charge is -2.36. The van der Waals surface area contributed by atoms with Gasteiger partial charge in [-0.15, -0.1) is 0 Å². The molecule has 1 aliphatic rings. The molecule has 3 aromatic rings. The molecule has 1 amide bonds. The van der Waals surface area contributed by atoms with Gasteiger partial charge in [0, 0.05) is 48.8 Å². The smallest absolute Gasteiger partial charge is 0.273 e. The van der Waals surface area contributed by atoms with Crippen LogP contribution in [0.4, 0.5) is 11.5 Å². The molecule has 2 heterocycles. The number of fused-ring (bicyclic) bond motifs is 1. The second-order valence-electron chi connectivity index (χ2n) is 7.30. The van der Waals surface area contributed by atoms with Crippen LogP contribution in [0.15, 0.2) is 48.5 Å².